The van der Waals surface area contributed by atoms with E-state index in [1.54, 1.807) is 30.3 Å². The minimum atomic E-state index is -4.04. The van der Waals surface area contributed by atoms with Crippen LogP contribution in [0.25, 0.3) is 0 Å². The summed E-state index contributed by atoms with van der Waals surface area (Å²) >= 11 is 0. The lowest BCUT2D eigenvalue weighted by Crippen LogP contribution is -2.44. The van der Waals surface area contributed by atoms with Crippen molar-refractivity contribution in [1.29, 1.82) is 0 Å². The largest absolute Gasteiger partial charge is 0.466 e. The van der Waals surface area contributed by atoms with Crippen molar-refractivity contribution in [3.8, 4) is 0 Å². The summed E-state index contributed by atoms with van der Waals surface area (Å²) in [5, 5.41) is 9.71. The molecule has 94 valence electrons. The molecule has 6 heteroatoms. The van der Waals surface area contributed by atoms with Crippen LogP contribution in [-0.2, 0) is 25.1 Å². The number of aliphatic hydroxyl groups is 1. The lowest BCUT2D eigenvalue weighted by molar-refractivity contribution is -0.152. The standard InChI is InChI=1S/C11H14O5S/c1-11(13,10(12)16-2)17(14,15)8-9-6-4-3-5-7-9/h3-7,13H,8H2,1-2H3. The third-order valence-corrected chi connectivity index (χ3v) is 4.46. The molecule has 0 saturated heterocycles. The quantitative estimate of drug-likeness (QED) is 0.795. The van der Waals surface area contributed by atoms with E-state index in [0.717, 1.165) is 14.0 Å². The summed E-state index contributed by atoms with van der Waals surface area (Å²) in [4.78, 5) is 8.69. The Kier molecular flexibility index (Phi) is 3.90. The SMILES string of the molecule is COC(=O)C(C)(O)S(=O)(=O)Cc1ccccc1. The van der Waals surface area contributed by atoms with E-state index in [4.69, 9.17) is 0 Å². The average Bonchev–Trinajstić information content (AvgIpc) is 2.28. The van der Waals surface area contributed by atoms with Gasteiger partial charge in [-0.2, -0.15) is 0 Å². The number of esters is 1. The van der Waals surface area contributed by atoms with Gasteiger partial charge in [-0.25, -0.2) is 13.2 Å². The number of hydrogen-bond donors (Lipinski definition) is 1. The Labute approximate surface area is 100.0 Å². The molecule has 1 unspecified atom stereocenters. The van der Waals surface area contributed by atoms with Crippen molar-refractivity contribution in [3.63, 3.8) is 0 Å². The maximum absolute atomic E-state index is 11.9. The molecule has 1 aromatic carbocycles. The molecule has 0 spiro atoms. The third-order valence-electron chi connectivity index (χ3n) is 2.37. The van der Waals surface area contributed by atoms with Crippen molar-refractivity contribution < 1.29 is 23.1 Å². The van der Waals surface area contributed by atoms with Crippen LogP contribution in [0.4, 0.5) is 0 Å². The summed E-state index contributed by atoms with van der Waals surface area (Å²) in [5.74, 6) is -1.61. The zero-order valence-electron chi connectivity index (χ0n) is 9.58. The Morgan fingerprint density at radius 3 is 2.35 bits per heavy atom. The highest BCUT2D eigenvalue weighted by Crippen LogP contribution is 2.20. The Morgan fingerprint density at radius 2 is 1.88 bits per heavy atom. The molecule has 0 aliphatic heterocycles. The minimum absolute atomic E-state index is 0.421. The molecule has 1 aromatic rings. The smallest absolute Gasteiger partial charge is 0.353 e. The van der Waals surface area contributed by atoms with Gasteiger partial charge in [-0.1, -0.05) is 30.3 Å². The fourth-order valence-electron chi connectivity index (χ4n) is 1.25. The molecule has 0 aliphatic rings. The summed E-state index contributed by atoms with van der Waals surface area (Å²) in [6.07, 6.45) is 0. The topological polar surface area (TPSA) is 80.7 Å². The molecule has 5 nitrogen and oxygen atoms in total. The van der Waals surface area contributed by atoms with Gasteiger partial charge < -0.3 is 9.84 Å². The zero-order chi connectivity index (χ0) is 13.1. The summed E-state index contributed by atoms with van der Waals surface area (Å²) in [6.45, 7) is 0.914. The molecule has 1 atom stereocenters. The first-order valence-corrected chi connectivity index (χ1v) is 6.53. The third kappa shape index (κ3) is 2.83. The van der Waals surface area contributed by atoms with Crippen molar-refractivity contribution in [3.05, 3.63) is 35.9 Å². The monoisotopic (exact) mass is 258 g/mol. The van der Waals surface area contributed by atoms with Crippen LogP contribution in [0.15, 0.2) is 30.3 Å². The Balaban J connectivity index is 3.01. The molecule has 0 radical (unpaired) electrons. The van der Waals surface area contributed by atoms with Crippen LogP contribution in [-0.4, -0.2) is 31.5 Å². The summed E-state index contributed by atoms with van der Waals surface area (Å²) in [6, 6.07) is 8.31. The second-order valence-corrected chi connectivity index (χ2v) is 6.03. The number of rotatable bonds is 4. The summed E-state index contributed by atoms with van der Waals surface area (Å²) < 4.78 is 28.0. The van der Waals surface area contributed by atoms with Gasteiger partial charge in [-0.05, 0) is 12.5 Å². The zero-order valence-corrected chi connectivity index (χ0v) is 10.4. The number of hydrogen-bond acceptors (Lipinski definition) is 5. The van der Waals surface area contributed by atoms with Crippen molar-refractivity contribution in [1.82, 2.24) is 0 Å². The van der Waals surface area contributed by atoms with Gasteiger partial charge >= 0.3 is 5.97 Å². The number of sulfone groups is 1. The van der Waals surface area contributed by atoms with E-state index in [2.05, 4.69) is 4.74 Å². The van der Waals surface area contributed by atoms with Crippen LogP contribution in [0.2, 0.25) is 0 Å². The first-order chi connectivity index (χ1) is 7.81. The predicted octanol–water partition coefficient (Wildman–Crippen LogP) is 0.483. The van der Waals surface area contributed by atoms with Crippen molar-refractivity contribution >= 4 is 15.8 Å². The van der Waals surface area contributed by atoms with Gasteiger partial charge in [0.05, 0.1) is 12.9 Å². The number of carbonyl (C=O) groups is 1. The van der Waals surface area contributed by atoms with Gasteiger partial charge in [0.15, 0.2) is 9.84 Å². The van der Waals surface area contributed by atoms with Gasteiger partial charge in [0.1, 0.15) is 0 Å². The molecule has 0 aromatic heterocycles. The van der Waals surface area contributed by atoms with Crippen molar-refractivity contribution in [2.24, 2.45) is 0 Å². The second kappa shape index (κ2) is 4.85. The molecular weight excluding hydrogens is 244 g/mol. The number of carbonyl (C=O) groups excluding carboxylic acids is 1. The average molecular weight is 258 g/mol. The van der Waals surface area contributed by atoms with E-state index in [1.165, 1.54) is 0 Å². The lowest BCUT2D eigenvalue weighted by Gasteiger charge is -2.20. The predicted molar refractivity (Wildman–Crippen MR) is 61.7 cm³/mol. The molecule has 0 heterocycles. The Hall–Kier alpha value is -1.40. The van der Waals surface area contributed by atoms with Crippen molar-refractivity contribution in [2.45, 2.75) is 17.6 Å². The highest BCUT2D eigenvalue weighted by Gasteiger charge is 2.45. The molecule has 0 aliphatic carbocycles. The molecule has 0 saturated carbocycles. The van der Waals surface area contributed by atoms with Crippen LogP contribution >= 0.6 is 0 Å². The van der Waals surface area contributed by atoms with E-state index in [-0.39, 0.29) is 0 Å². The van der Waals surface area contributed by atoms with Crippen molar-refractivity contribution in [2.75, 3.05) is 7.11 Å². The van der Waals surface area contributed by atoms with Gasteiger partial charge in [0, 0.05) is 0 Å². The maximum atomic E-state index is 11.9. The van der Waals surface area contributed by atoms with Crippen LogP contribution in [0.5, 0.6) is 0 Å². The van der Waals surface area contributed by atoms with Crippen LogP contribution < -0.4 is 0 Å². The van der Waals surface area contributed by atoms with Gasteiger partial charge in [-0.3, -0.25) is 0 Å². The Morgan fingerprint density at radius 1 is 1.35 bits per heavy atom. The number of benzene rings is 1. The van der Waals surface area contributed by atoms with Gasteiger partial charge in [0.25, 0.3) is 4.93 Å². The summed E-state index contributed by atoms with van der Waals surface area (Å²) in [5.41, 5.74) is 0.497. The van der Waals surface area contributed by atoms with E-state index in [1.807, 2.05) is 0 Å². The molecule has 0 fully saturated rings. The van der Waals surface area contributed by atoms with E-state index >= 15 is 0 Å². The van der Waals surface area contributed by atoms with E-state index < -0.39 is 26.5 Å². The second-order valence-electron chi connectivity index (χ2n) is 3.72. The lowest BCUT2D eigenvalue weighted by atomic mass is 10.2. The molecular formula is C11H14O5S. The first kappa shape index (κ1) is 13.7. The highest BCUT2D eigenvalue weighted by molar-refractivity contribution is 7.92. The Bertz CT molecular complexity index is 490. The molecule has 17 heavy (non-hydrogen) atoms. The van der Waals surface area contributed by atoms with Crippen LogP contribution in [0.1, 0.15) is 12.5 Å². The van der Waals surface area contributed by atoms with Gasteiger partial charge in [0.2, 0.25) is 0 Å². The maximum Gasteiger partial charge on any atom is 0.353 e. The first-order valence-electron chi connectivity index (χ1n) is 4.88. The highest BCUT2D eigenvalue weighted by atomic mass is 32.2. The normalized spacial score (nSPS) is 15.0. The molecule has 0 bridgehead atoms. The van der Waals surface area contributed by atoms with Gasteiger partial charge in [-0.15, -0.1) is 0 Å². The molecule has 0 amide bonds. The van der Waals surface area contributed by atoms with Crippen LogP contribution in [0.3, 0.4) is 0 Å². The molecule has 1 rings (SSSR count). The van der Waals surface area contributed by atoms with E-state index in [0.29, 0.717) is 5.56 Å². The number of ether oxygens (including phenoxy) is 1. The fourth-order valence-corrected chi connectivity index (χ4v) is 2.50. The fraction of sp³-hybridized carbons (Fsp3) is 0.364. The number of methoxy groups -OCH3 is 1. The molecule has 1 N–H and O–H groups in total. The summed E-state index contributed by atoms with van der Waals surface area (Å²) in [7, 11) is -3.02. The van der Waals surface area contributed by atoms with Crippen LogP contribution in [0, 0.1) is 0 Å². The van der Waals surface area contributed by atoms with E-state index in [9.17, 15) is 18.3 Å². The minimum Gasteiger partial charge on any atom is -0.466 e.